The molecule has 0 aliphatic rings. The number of hydrogen-bond donors (Lipinski definition) is 2. The van der Waals surface area contributed by atoms with Gasteiger partial charge in [-0.3, -0.25) is 19.6 Å². The molecule has 0 spiro atoms. The topological polar surface area (TPSA) is 116 Å². The number of nitrogen functional groups attached to an aromatic ring is 1. The number of nitrogens with one attached hydrogen (secondary N) is 1. The summed E-state index contributed by atoms with van der Waals surface area (Å²) < 4.78 is 1.60. The van der Waals surface area contributed by atoms with Gasteiger partial charge in [0.2, 0.25) is 0 Å². The maximum atomic E-state index is 12.2. The summed E-state index contributed by atoms with van der Waals surface area (Å²) in [6, 6.07) is 3.95. The molecule has 0 radical (unpaired) electrons. The molecule has 2 rings (SSSR count). The first-order chi connectivity index (χ1) is 9.92. The van der Waals surface area contributed by atoms with E-state index >= 15 is 0 Å². The highest BCUT2D eigenvalue weighted by molar-refractivity contribution is 6.05. The molecular weight excluding hydrogens is 274 g/mol. The molecule has 0 saturated carbocycles. The van der Waals surface area contributed by atoms with Gasteiger partial charge in [0.05, 0.1) is 16.3 Å². The largest absolute Gasteiger partial charge is 0.393 e. The van der Waals surface area contributed by atoms with Crippen molar-refractivity contribution in [3.63, 3.8) is 0 Å². The van der Waals surface area contributed by atoms with Gasteiger partial charge in [0.25, 0.3) is 11.6 Å². The Bertz CT molecular complexity index is 708. The molecule has 110 valence electrons. The van der Waals surface area contributed by atoms with Crippen LogP contribution in [0.25, 0.3) is 0 Å². The molecule has 0 atom stereocenters. The van der Waals surface area contributed by atoms with Crippen LogP contribution in [0.15, 0.2) is 24.4 Å². The van der Waals surface area contributed by atoms with Gasteiger partial charge in [-0.1, -0.05) is 6.92 Å². The Morgan fingerprint density at radius 2 is 2.24 bits per heavy atom. The fourth-order valence-electron chi connectivity index (χ4n) is 1.94. The van der Waals surface area contributed by atoms with Crippen LogP contribution in [0.2, 0.25) is 0 Å². The SMILES string of the molecule is CCc1nn(C)cc1NC(=O)c1ccc(N)c([N+](=O)[O-])c1. The molecule has 0 fully saturated rings. The number of nitro groups is 1. The van der Waals surface area contributed by atoms with Gasteiger partial charge in [-0.25, -0.2) is 0 Å². The van der Waals surface area contributed by atoms with Gasteiger partial charge >= 0.3 is 0 Å². The van der Waals surface area contributed by atoms with E-state index in [9.17, 15) is 14.9 Å². The molecule has 8 heteroatoms. The second-order valence-corrected chi connectivity index (χ2v) is 4.50. The molecule has 1 aromatic heterocycles. The number of aryl methyl sites for hydroxylation is 2. The standard InChI is InChI=1S/C13H15N5O3/c1-3-10-11(7-17(2)16-10)15-13(19)8-4-5-9(14)12(6-8)18(20)21/h4-7H,3,14H2,1-2H3,(H,15,19). The van der Waals surface area contributed by atoms with Gasteiger partial charge in [-0.05, 0) is 18.6 Å². The lowest BCUT2D eigenvalue weighted by Gasteiger charge is -2.05. The van der Waals surface area contributed by atoms with Crippen molar-refractivity contribution in [3.8, 4) is 0 Å². The lowest BCUT2D eigenvalue weighted by molar-refractivity contribution is -0.383. The summed E-state index contributed by atoms with van der Waals surface area (Å²) in [4.78, 5) is 22.4. The molecule has 2 aromatic rings. The fraction of sp³-hybridized carbons (Fsp3) is 0.231. The molecule has 1 heterocycles. The second-order valence-electron chi connectivity index (χ2n) is 4.50. The Hall–Kier alpha value is -2.90. The van der Waals surface area contributed by atoms with E-state index in [0.717, 1.165) is 11.8 Å². The van der Waals surface area contributed by atoms with E-state index in [0.29, 0.717) is 12.1 Å². The number of rotatable bonds is 4. The number of hydrogen-bond acceptors (Lipinski definition) is 5. The van der Waals surface area contributed by atoms with E-state index in [-0.39, 0.29) is 16.9 Å². The molecule has 0 unspecified atom stereocenters. The van der Waals surface area contributed by atoms with E-state index in [1.807, 2.05) is 6.92 Å². The number of nitrogens with two attached hydrogens (primary N) is 1. The Balaban J connectivity index is 2.28. The summed E-state index contributed by atoms with van der Waals surface area (Å²) in [5.41, 5.74) is 6.74. The summed E-state index contributed by atoms with van der Waals surface area (Å²) in [5, 5.41) is 17.7. The van der Waals surface area contributed by atoms with Crippen LogP contribution in [-0.2, 0) is 13.5 Å². The highest BCUT2D eigenvalue weighted by Crippen LogP contribution is 2.23. The number of amides is 1. The quantitative estimate of drug-likeness (QED) is 0.505. The van der Waals surface area contributed by atoms with Gasteiger partial charge in [0.15, 0.2) is 0 Å². The monoisotopic (exact) mass is 289 g/mol. The minimum Gasteiger partial charge on any atom is -0.393 e. The Kier molecular flexibility index (Phi) is 3.88. The van der Waals surface area contributed by atoms with Crippen molar-refractivity contribution >= 4 is 23.0 Å². The minimum atomic E-state index is -0.617. The molecular formula is C13H15N5O3. The van der Waals surface area contributed by atoms with Crippen LogP contribution in [0.3, 0.4) is 0 Å². The summed E-state index contributed by atoms with van der Waals surface area (Å²) in [6.07, 6.45) is 2.35. The van der Waals surface area contributed by atoms with E-state index < -0.39 is 10.8 Å². The van der Waals surface area contributed by atoms with Gasteiger partial charge in [0, 0.05) is 24.9 Å². The number of anilines is 2. The van der Waals surface area contributed by atoms with Crippen LogP contribution in [-0.4, -0.2) is 20.6 Å². The first-order valence-electron chi connectivity index (χ1n) is 6.30. The summed E-state index contributed by atoms with van der Waals surface area (Å²) in [7, 11) is 1.75. The Labute approximate surface area is 120 Å². The highest BCUT2D eigenvalue weighted by atomic mass is 16.6. The first kappa shape index (κ1) is 14.5. The summed E-state index contributed by atoms with van der Waals surface area (Å²) in [5.74, 6) is -0.444. The maximum absolute atomic E-state index is 12.2. The molecule has 1 aromatic carbocycles. The minimum absolute atomic E-state index is 0.0205. The van der Waals surface area contributed by atoms with E-state index in [2.05, 4.69) is 10.4 Å². The maximum Gasteiger partial charge on any atom is 0.292 e. The molecule has 0 bridgehead atoms. The van der Waals surface area contributed by atoms with Crippen LogP contribution in [0.1, 0.15) is 23.0 Å². The van der Waals surface area contributed by atoms with E-state index in [4.69, 9.17) is 5.73 Å². The number of nitrogens with zero attached hydrogens (tertiary/aromatic N) is 3. The van der Waals surface area contributed by atoms with Crippen LogP contribution in [0.4, 0.5) is 17.1 Å². The average Bonchev–Trinajstić information content (AvgIpc) is 2.78. The third-order valence-corrected chi connectivity index (χ3v) is 2.98. The van der Waals surface area contributed by atoms with Crippen LogP contribution >= 0.6 is 0 Å². The molecule has 1 amide bonds. The molecule has 8 nitrogen and oxygen atoms in total. The van der Waals surface area contributed by atoms with Gasteiger partial charge in [0.1, 0.15) is 5.69 Å². The third kappa shape index (κ3) is 2.99. The normalized spacial score (nSPS) is 10.4. The molecule has 21 heavy (non-hydrogen) atoms. The van der Waals surface area contributed by atoms with Crippen molar-refractivity contribution in [1.82, 2.24) is 9.78 Å². The number of carbonyl (C=O) groups is 1. The number of aromatic nitrogens is 2. The van der Waals surface area contributed by atoms with Gasteiger partial charge < -0.3 is 11.1 Å². The van der Waals surface area contributed by atoms with Crippen molar-refractivity contribution in [3.05, 3.63) is 45.8 Å². The molecule has 0 aliphatic heterocycles. The first-order valence-corrected chi connectivity index (χ1v) is 6.30. The van der Waals surface area contributed by atoms with Crippen molar-refractivity contribution < 1.29 is 9.72 Å². The predicted molar refractivity (Wildman–Crippen MR) is 78.0 cm³/mol. The van der Waals surface area contributed by atoms with Crippen LogP contribution < -0.4 is 11.1 Å². The molecule has 0 saturated heterocycles. The molecule has 3 N–H and O–H groups in total. The average molecular weight is 289 g/mol. The van der Waals surface area contributed by atoms with Gasteiger partial charge in [-0.2, -0.15) is 5.10 Å². The highest BCUT2D eigenvalue weighted by Gasteiger charge is 2.17. The lowest BCUT2D eigenvalue weighted by Crippen LogP contribution is -2.13. The van der Waals surface area contributed by atoms with E-state index in [1.165, 1.54) is 12.1 Å². The van der Waals surface area contributed by atoms with Crippen molar-refractivity contribution in [2.75, 3.05) is 11.1 Å². The van der Waals surface area contributed by atoms with Crippen molar-refractivity contribution in [1.29, 1.82) is 0 Å². The zero-order valence-corrected chi connectivity index (χ0v) is 11.7. The number of benzene rings is 1. The number of carbonyl (C=O) groups excluding carboxylic acids is 1. The van der Waals surface area contributed by atoms with Gasteiger partial charge in [-0.15, -0.1) is 0 Å². The summed E-state index contributed by atoms with van der Waals surface area (Å²) in [6.45, 7) is 1.92. The van der Waals surface area contributed by atoms with E-state index in [1.54, 1.807) is 17.9 Å². The lowest BCUT2D eigenvalue weighted by atomic mass is 10.1. The zero-order valence-electron chi connectivity index (χ0n) is 11.7. The Morgan fingerprint density at radius 3 is 2.86 bits per heavy atom. The number of nitro benzene ring substituents is 1. The fourth-order valence-corrected chi connectivity index (χ4v) is 1.94. The molecule has 0 aliphatic carbocycles. The van der Waals surface area contributed by atoms with Crippen LogP contribution in [0, 0.1) is 10.1 Å². The van der Waals surface area contributed by atoms with Crippen molar-refractivity contribution in [2.24, 2.45) is 7.05 Å². The third-order valence-electron chi connectivity index (χ3n) is 2.98. The summed E-state index contributed by atoms with van der Waals surface area (Å²) >= 11 is 0. The van der Waals surface area contributed by atoms with Crippen LogP contribution in [0.5, 0.6) is 0 Å². The smallest absolute Gasteiger partial charge is 0.292 e. The second kappa shape index (κ2) is 5.61. The van der Waals surface area contributed by atoms with Crippen molar-refractivity contribution in [2.45, 2.75) is 13.3 Å². The predicted octanol–water partition coefficient (Wildman–Crippen LogP) is 1.73. The Morgan fingerprint density at radius 1 is 1.52 bits per heavy atom. The zero-order chi connectivity index (χ0) is 15.6.